The van der Waals surface area contributed by atoms with Gasteiger partial charge in [0.2, 0.25) is 26.0 Å². The Kier molecular flexibility index (Phi) is 9.62. The molecule has 214 valence electrons. The van der Waals surface area contributed by atoms with Crippen LogP contribution < -0.4 is 10.1 Å². The molecule has 0 aromatic heterocycles. The average molecular weight is 586 g/mol. The molecular weight excluding hydrogens is 550 g/mol. The third-order valence-electron chi connectivity index (χ3n) is 6.82. The van der Waals surface area contributed by atoms with E-state index in [2.05, 4.69) is 5.32 Å². The minimum atomic E-state index is -4.10. The van der Waals surface area contributed by atoms with Crippen LogP contribution in [0.2, 0.25) is 0 Å². The van der Waals surface area contributed by atoms with Gasteiger partial charge >= 0.3 is 0 Å². The number of amides is 1. The number of aryl methyl sites for hydroxylation is 1. The minimum absolute atomic E-state index is 0.00323. The zero-order chi connectivity index (χ0) is 28.8. The fourth-order valence-corrected chi connectivity index (χ4v) is 7.73. The zero-order valence-electron chi connectivity index (χ0n) is 22.7. The second-order valence-electron chi connectivity index (χ2n) is 9.80. The van der Waals surface area contributed by atoms with Crippen LogP contribution in [-0.2, 0) is 37.9 Å². The second kappa shape index (κ2) is 12.9. The maximum absolute atomic E-state index is 13.7. The number of sulfonamides is 2. The first kappa shape index (κ1) is 29.7. The summed E-state index contributed by atoms with van der Waals surface area (Å²) in [6.45, 7) is 2.55. The van der Waals surface area contributed by atoms with Crippen molar-refractivity contribution in [1.29, 1.82) is 0 Å². The molecule has 1 saturated heterocycles. The van der Waals surface area contributed by atoms with Gasteiger partial charge in [-0.2, -0.15) is 8.61 Å². The molecule has 1 aliphatic heterocycles. The molecule has 1 heterocycles. The first-order valence-corrected chi connectivity index (χ1v) is 16.0. The van der Waals surface area contributed by atoms with Crippen LogP contribution in [0.3, 0.4) is 0 Å². The molecule has 0 aliphatic carbocycles. The summed E-state index contributed by atoms with van der Waals surface area (Å²) in [5, 5.41) is 2.76. The Morgan fingerprint density at radius 3 is 2.23 bits per heavy atom. The first-order valence-electron chi connectivity index (χ1n) is 13.2. The summed E-state index contributed by atoms with van der Waals surface area (Å²) < 4.78 is 61.2. The van der Waals surface area contributed by atoms with Crippen molar-refractivity contribution in [1.82, 2.24) is 13.9 Å². The zero-order valence-corrected chi connectivity index (χ0v) is 24.4. The molecule has 3 aromatic rings. The molecule has 1 aliphatic rings. The first-order chi connectivity index (χ1) is 19.1. The van der Waals surface area contributed by atoms with Crippen LogP contribution in [0, 0.1) is 6.92 Å². The molecule has 11 heteroatoms. The lowest BCUT2D eigenvalue weighted by molar-refractivity contribution is -0.121. The normalized spacial score (nSPS) is 14.7. The Bertz CT molecular complexity index is 1520. The van der Waals surface area contributed by atoms with E-state index in [9.17, 15) is 21.6 Å². The van der Waals surface area contributed by atoms with Crippen molar-refractivity contribution in [3.63, 3.8) is 0 Å². The molecule has 0 radical (unpaired) electrons. The van der Waals surface area contributed by atoms with Gasteiger partial charge < -0.3 is 10.1 Å². The van der Waals surface area contributed by atoms with Gasteiger partial charge in [-0.3, -0.25) is 4.79 Å². The largest absolute Gasteiger partial charge is 0.495 e. The number of hydrogen-bond acceptors (Lipinski definition) is 6. The summed E-state index contributed by atoms with van der Waals surface area (Å²) in [4.78, 5) is 13.2. The Morgan fingerprint density at radius 1 is 0.900 bits per heavy atom. The van der Waals surface area contributed by atoms with Crippen molar-refractivity contribution in [2.24, 2.45) is 0 Å². The second-order valence-corrected chi connectivity index (χ2v) is 13.6. The average Bonchev–Trinajstić information content (AvgIpc) is 2.97. The molecule has 0 spiro atoms. The van der Waals surface area contributed by atoms with Gasteiger partial charge in [-0.25, -0.2) is 16.8 Å². The maximum Gasteiger partial charge on any atom is 0.247 e. The summed E-state index contributed by atoms with van der Waals surface area (Å²) in [6, 6.07) is 20.3. The maximum atomic E-state index is 13.7. The van der Waals surface area contributed by atoms with E-state index in [0.717, 1.165) is 34.7 Å². The highest BCUT2D eigenvalue weighted by atomic mass is 32.2. The van der Waals surface area contributed by atoms with E-state index in [1.807, 2.05) is 18.2 Å². The van der Waals surface area contributed by atoms with Crippen molar-refractivity contribution in [3.8, 4) is 5.75 Å². The lowest BCUT2D eigenvalue weighted by atomic mass is 10.2. The van der Waals surface area contributed by atoms with E-state index in [1.165, 1.54) is 17.5 Å². The standard InChI is InChI=1S/C29H35N3O6S2/c1-23-11-16-27(38-2)28(19-23)40(36,37)32(21-25-9-5-3-6-10-25)22-29(33)30-20-24-12-14-26(15-13-24)39(34,35)31-17-7-4-8-18-31/h3,5-6,9-16,19H,4,7-8,17-18,20-22H2,1-2H3,(H,30,33). The number of hydrogen-bond donors (Lipinski definition) is 1. The van der Waals surface area contributed by atoms with Crippen molar-refractivity contribution in [3.05, 3.63) is 89.5 Å². The van der Waals surface area contributed by atoms with Crippen molar-refractivity contribution in [2.75, 3.05) is 26.7 Å². The highest BCUT2D eigenvalue weighted by molar-refractivity contribution is 7.89. The molecule has 4 rings (SSSR count). The van der Waals surface area contributed by atoms with Gasteiger partial charge in [-0.15, -0.1) is 0 Å². The van der Waals surface area contributed by atoms with Crippen LogP contribution >= 0.6 is 0 Å². The number of benzene rings is 3. The van der Waals surface area contributed by atoms with E-state index in [1.54, 1.807) is 55.5 Å². The van der Waals surface area contributed by atoms with Gasteiger partial charge in [-0.1, -0.05) is 55.0 Å². The van der Waals surface area contributed by atoms with Crippen molar-refractivity contribution < 1.29 is 26.4 Å². The van der Waals surface area contributed by atoms with Crippen LogP contribution in [0.15, 0.2) is 82.6 Å². The predicted octanol–water partition coefficient (Wildman–Crippen LogP) is 3.69. The summed E-state index contributed by atoms with van der Waals surface area (Å²) in [6.07, 6.45) is 2.75. The number of rotatable bonds is 11. The Labute approximate surface area is 236 Å². The van der Waals surface area contributed by atoms with Crippen LogP contribution in [0.4, 0.5) is 0 Å². The topological polar surface area (TPSA) is 113 Å². The monoisotopic (exact) mass is 585 g/mol. The predicted molar refractivity (Wildman–Crippen MR) is 153 cm³/mol. The van der Waals surface area contributed by atoms with Gasteiger partial charge in [0.05, 0.1) is 18.6 Å². The molecule has 1 amide bonds. The minimum Gasteiger partial charge on any atom is -0.495 e. The molecule has 0 unspecified atom stereocenters. The van der Waals surface area contributed by atoms with Gasteiger partial charge in [0.15, 0.2) is 0 Å². The van der Waals surface area contributed by atoms with Crippen molar-refractivity contribution in [2.45, 2.75) is 49.1 Å². The Morgan fingerprint density at radius 2 is 1.57 bits per heavy atom. The highest BCUT2D eigenvalue weighted by Gasteiger charge is 2.30. The van der Waals surface area contributed by atoms with E-state index >= 15 is 0 Å². The molecule has 40 heavy (non-hydrogen) atoms. The number of nitrogens with one attached hydrogen (secondary N) is 1. The number of piperidine rings is 1. The smallest absolute Gasteiger partial charge is 0.247 e. The van der Waals surface area contributed by atoms with E-state index in [4.69, 9.17) is 4.74 Å². The molecule has 3 aromatic carbocycles. The quantitative estimate of drug-likeness (QED) is 0.367. The number of nitrogens with zero attached hydrogens (tertiary/aromatic N) is 2. The van der Waals surface area contributed by atoms with E-state index in [-0.39, 0.29) is 28.6 Å². The molecule has 0 bridgehead atoms. The highest BCUT2D eigenvalue weighted by Crippen LogP contribution is 2.29. The number of carbonyl (C=O) groups is 1. The van der Waals surface area contributed by atoms with Crippen molar-refractivity contribution >= 4 is 26.0 Å². The van der Waals surface area contributed by atoms with E-state index in [0.29, 0.717) is 18.7 Å². The molecule has 0 saturated carbocycles. The van der Waals surface area contributed by atoms with Crippen LogP contribution in [0.1, 0.15) is 36.0 Å². The summed E-state index contributed by atoms with van der Waals surface area (Å²) in [5.41, 5.74) is 2.17. The lowest BCUT2D eigenvalue weighted by Gasteiger charge is -2.25. The molecular formula is C29H35N3O6S2. The third kappa shape index (κ3) is 7.08. The van der Waals surface area contributed by atoms with Gasteiger partial charge in [0.1, 0.15) is 10.6 Å². The molecule has 1 fully saturated rings. The molecule has 1 N–H and O–H groups in total. The van der Waals surface area contributed by atoms with Crippen LogP contribution in [0.25, 0.3) is 0 Å². The van der Waals surface area contributed by atoms with Gasteiger partial charge in [-0.05, 0) is 60.7 Å². The SMILES string of the molecule is COc1ccc(C)cc1S(=O)(=O)N(CC(=O)NCc1ccc(S(=O)(=O)N2CCCCC2)cc1)Cc1ccccc1. The number of carbonyl (C=O) groups excluding carboxylic acids is 1. The molecule has 9 nitrogen and oxygen atoms in total. The number of methoxy groups -OCH3 is 1. The van der Waals surface area contributed by atoms with E-state index < -0.39 is 32.5 Å². The van der Waals surface area contributed by atoms with Gasteiger partial charge in [0.25, 0.3) is 0 Å². The van der Waals surface area contributed by atoms with Crippen LogP contribution in [0.5, 0.6) is 5.75 Å². The lowest BCUT2D eigenvalue weighted by Crippen LogP contribution is -2.40. The summed E-state index contributed by atoms with van der Waals surface area (Å²) in [5.74, 6) is -0.292. The van der Waals surface area contributed by atoms with Crippen LogP contribution in [-0.4, -0.2) is 58.1 Å². The van der Waals surface area contributed by atoms with Gasteiger partial charge in [0, 0.05) is 26.2 Å². The fourth-order valence-electron chi connectivity index (χ4n) is 4.59. The number of ether oxygens (including phenoxy) is 1. The Balaban J connectivity index is 1.48. The Hall–Kier alpha value is -3.25. The third-order valence-corrected chi connectivity index (χ3v) is 10.6. The summed E-state index contributed by atoms with van der Waals surface area (Å²) in [7, 11) is -6.24. The fraction of sp³-hybridized carbons (Fsp3) is 0.345. The molecule has 0 atom stereocenters. The summed E-state index contributed by atoms with van der Waals surface area (Å²) >= 11 is 0.